The van der Waals surface area contributed by atoms with Gasteiger partial charge in [0.2, 0.25) is 0 Å². The van der Waals surface area contributed by atoms with Crippen LogP contribution in [0, 0.1) is 17.2 Å². The molecular weight excluding hydrogens is 392 g/mol. The summed E-state index contributed by atoms with van der Waals surface area (Å²) in [6.07, 6.45) is 2.41. The molecule has 6 nitrogen and oxygen atoms in total. The normalized spacial score (nSPS) is 12.1. The molecule has 0 unspecified atom stereocenters. The van der Waals surface area contributed by atoms with E-state index in [1.165, 1.54) is 11.6 Å². The molecule has 162 valence electrons. The van der Waals surface area contributed by atoms with Gasteiger partial charge in [0.05, 0.1) is 13.2 Å². The van der Waals surface area contributed by atoms with E-state index in [1.54, 1.807) is 31.4 Å². The molecule has 0 aliphatic rings. The van der Waals surface area contributed by atoms with Crippen molar-refractivity contribution in [2.24, 2.45) is 5.92 Å². The van der Waals surface area contributed by atoms with Gasteiger partial charge in [-0.1, -0.05) is 50.2 Å². The van der Waals surface area contributed by atoms with E-state index in [9.17, 15) is 14.9 Å². The third-order valence-electron chi connectivity index (χ3n) is 4.60. The largest absolute Gasteiger partial charge is 0.497 e. The van der Waals surface area contributed by atoms with E-state index >= 15 is 0 Å². The first-order valence-corrected chi connectivity index (χ1v) is 10.1. The van der Waals surface area contributed by atoms with Crippen molar-refractivity contribution in [3.63, 3.8) is 0 Å². The Morgan fingerprint density at radius 3 is 2.26 bits per heavy atom. The van der Waals surface area contributed by atoms with Crippen LogP contribution in [0.25, 0.3) is 6.08 Å². The number of esters is 1. The number of rotatable bonds is 9. The highest BCUT2D eigenvalue weighted by Crippen LogP contribution is 2.16. The van der Waals surface area contributed by atoms with Crippen molar-refractivity contribution < 1.29 is 19.1 Å². The Kier molecular flexibility index (Phi) is 8.83. The lowest BCUT2D eigenvalue weighted by Crippen LogP contribution is -2.31. The van der Waals surface area contributed by atoms with Crippen LogP contribution in [-0.2, 0) is 20.7 Å². The zero-order chi connectivity index (χ0) is 22.8. The number of benzene rings is 2. The van der Waals surface area contributed by atoms with E-state index < -0.39 is 18.5 Å². The summed E-state index contributed by atoms with van der Waals surface area (Å²) in [5, 5.41) is 12.0. The van der Waals surface area contributed by atoms with Gasteiger partial charge in [-0.05, 0) is 54.2 Å². The molecule has 0 aliphatic carbocycles. The Bertz CT molecular complexity index is 955. The van der Waals surface area contributed by atoms with E-state index in [0.29, 0.717) is 17.2 Å². The van der Waals surface area contributed by atoms with Crippen LogP contribution in [0.3, 0.4) is 0 Å². The predicted octanol–water partition coefficient (Wildman–Crippen LogP) is 4.22. The van der Waals surface area contributed by atoms with Gasteiger partial charge in [0.15, 0.2) is 6.61 Å². The second-order valence-corrected chi connectivity index (χ2v) is 7.65. The first kappa shape index (κ1) is 23.7. The summed E-state index contributed by atoms with van der Waals surface area (Å²) in [6.45, 7) is 5.74. The minimum absolute atomic E-state index is 0.188. The Morgan fingerprint density at radius 2 is 1.71 bits per heavy atom. The number of ether oxygens (including phenoxy) is 2. The Hall–Kier alpha value is -3.59. The van der Waals surface area contributed by atoms with Gasteiger partial charge in [0.25, 0.3) is 5.91 Å². The maximum atomic E-state index is 12.2. The summed E-state index contributed by atoms with van der Waals surface area (Å²) in [5.41, 5.74) is 2.67. The minimum atomic E-state index is -0.848. The van der Waals surface area contributed by atoms with Gasteiger partial charge in [-0.2, -0.15) is 5.26 Å². The Balaban J connectivity index is 1.89. The molecule has 0 saturated carbocycles. The minimum Gasteiger partial charge on any atom is -0.497 e. The number of methoxy groups -OCH3 is 1. The van der Waals surface area contributed by atoms with Crippen molar-refractivity contribution in [1.29, 1.82) is 5.26 Å². The fraction of sp³-hybridized carbons (Fsp3) is 0.320. The standard InChI is InChI=1S/C25H28N2O4/c1-17(2)13-19-5-9-21(10-6-19)18(3)27-24(28)16-31-25(29)22(15-26)14-20-7-11-23(30-4)12-8-20/h5-12,14,17-18H,13,16H2,1-4H3,(H,27,28)/b22-14+/t18-/m0/s1. The molecule has 0 aliphatic heterocycles. The van der Waals surface area contributed by atoms with Crippen LogP contribution in [-0.4, -0.2) is 25.6 Å². The van der Waals surface area contributed by atoms with Crippen LogP contribution in [0.15, 0.2) is 54.1 Å². The predicted molar refractivity (Wildman–Crippen MR) is 119 cm³/mol. The first-order valence-electron chi connectivity index (χ1n) is 10.1. The maximum absolute atomic E-state index is 12.2. The van der Waals surface area contributed by atoms with E-state index in [1.807, 2.05) is 25.1 Å². The van der Waals surface area contributed by atoms with Gasteiger partial charge in [-0.15, -0.1) is 0 Å². The van der Waals surface area contributed by atoms with Gasteiger partial charge < -0.3 is 14.8 Å². The lowest BCUT2D eigenvalue weighted by molar-refractivity contribution is -0.144. The molecule has 31 heavy (non-hydrogen) atoms. The van der Waals surface area contributed by atoms with Crippen LogP contribution in [0.5, 0.6) is 5.75 Å². The molecule has 2 aromatic carbocycles. The molecule has 2 rings (SSSR count). The number of hydrogen-bond acceptors (Lipinski definition) is 5. The van der Waals surface area contributed by atoms with Crippen LogP contribution in [0.1, 0.15) is 43.5 Å². The van der Waals surface area contributed by atoms with Crippen molar-refractivity contribution in [1.82, 2.24) is 5.32 Å². The van der Waals surface area contributed by atoms with Crippen molar-refractivity contribution in [3.8, 4) is 11.8 Å². The fourth-order valence-corrected chi connectivity index (χ4v) is 2.99. The Labute approximate surface area is 183 Å². The lowest BCUT2D eigenvalue weighted by atomic mass is 10.00. The number of carbonyl (C=O) groups is 2. The van der Waals surface area contributed by atoms with E-state index in [0.717, 1.165) is 12.0 Å². The molecule has 1 N–H and O–H groups in total. The summed E-state index contributed by atoms with van der Waals surface area (Å²) in [5.74, 6) is -0.0404. The highest BCUT2D eigenvalue weighted by Gasteiger charge is 2.15. The fourth-order valence-electron chi connectivity index (χ4n) is 2.99. The third kappa shape index (κ3) is 7.63. The molecule has 0 saturated heterocycles. The molecule has 0 bridgehead atoms. The van der Waals surface area contributed by atoms with Crippen molar-refractivity contribution in [2.75, 3.05) is 13.7 Å². The number of nitrogens with zero attached hydrogens (tertiary/aromatic N) is 1. The molecule has 1 amide bonds. The zero-order valence-corrected chi connectivity index (χ0v) is 18.3. The Morgan fingerprint density at radius 1 is 1.06 bits per heavy atom. The van der Waals surface area contributed by atoms with Crippen LogP contribution in [0.2, 0.25) is 0 Å². The monoisotopic (exact) mass is 420 g/mol. The molecule has 1 atom stereocenters. The van der Waals surface area contributed by atoms with E-state index in [2.05, 4.69) is 31.3 Å². The zero-order valence-electron chi connectivity index (χ0n) is 18.3. The summed E-state index contributed by atoms with van der Waals surface area (Å²) in [6, 6.07) is 16.5. The van der Waals surface area contributed by atoms with Gasteiger partial charge in [0, 0.05) is 0 Å². The second kappa shape index (κ2) is 11.6. The van der Waals surface area contributed by atoms with Gasteiger partial charge in [0.1, 0.15) is 17.4 Å². The molecule has 0 spiro atoms. The first-order chi connectivity index (χ1) is 14.8. The summed E-state index contributed by atoms with van der Waals surface area (Å²) in [4.78, 5) is 24.3. The average molecular weight is 421 g/mol. The number of carbonyl (C=O) groups excluding carboxylic acids is 2. The molecule has 2 aromatic rings. The molecule has 6 heteroatoms. The SMILES string of the molecule is COc1ccc(/C=C(\C#N)C(=O)OCC(=O)N[C@@H](C)c2ccc(CC(C)C)cc2)cc1. The molecular formula is C25H28N2O4. The number of hydrogen-bond donors (Lipinski definition) is 1. The topological polar surface area (TPSA) is 88.4 Å². The van der Waals surface area contributed by atoms with Crippen LogP contribution in [0.4, 0.5) is 0 Å². The maximum Gasteiger partial charge on any atom is 0.349 e. The van der Waals surface area contributed by atoms with Crippen molar-refractivity contribution in [3.05, 3.63) is 70.8 Å². The molecule has 0 aromatic heterocycles. The summed E-state index contributed by atoms with van der Waals surface area (Å²) in [7, 11) is 1.55. The smallest absolute Gasteiger partial charge is 0.349 e. The third-order valence-corrected chi connectivity index (χ3v) is 4.60. The lowest BCUT2D eigenvalue weighted by Gasteiger charge is -2.15. The molecule has 0 fully saturated rings. The van der Waals surface area contributed by atoms with Gasteiger partial charge in [-0.3, -0.25) is 4.79 Å². The van der Waals surface area contributed by atoms with Crippen molar-refractivity contribution in [2.45, 2.75) is 33.2 Å². The van der Waals surface area contributed by atoms with Crippen LogP contribution >= 0.6 is 0 Å². The summed E-state index contributed by atoms with van der Waals surface area (Å²) >= 11 is 0. The quantitative estimate of drug-likeness (QED) is 0.373. The van der Waals surface area contributed by atoms with E-state index in [-0.39, 0.29) is 11.6 Å². The van der Waals surface area contributed by atoms with Crippen LogP contribution < -0.4 is 10.1 Å². The van der Waals surface area contributed by atoms with Gasteiger partial charge in [-0.25, -0.2) is 4.79 Å². The summed E-state index contributed by atoms with van der Waals surface area (Å²) < 4.78 is 10.1. The molecule has 0 heterocycles. The van der Waals surface area contributed by atoms with Crippen molar-refractivity contribution >= 4 is 18.0 Å². The number of nitriles is 1. The number of nitrogens with one attached hydrogen (secondary N) is 1. The second-order valence-electron chi connectivity index (χ2n) is 7.65. The van der Waals surface area contributed by atoms with Gasteiger partial charge >= 0.3 is 5.97 Å². The number of amides is 1. The average Bonchev–Trinajstić information content (AvgIpc) is 2.76. The van der Waals surface area contributed by atoms with E-state index in [4.69, 9.17) is 9.47 Å². The molecule has 0 radical (unpaired) electrons. The highest BCUT2D eigenvalue weighted by molar-refractivity contribution is 5.98. The highest BCUT2D eigenvalue weighted by atomic mass is 16.5.